The van der Waals surface area contributed by atoms with E-state index in [2.05, 4.69) is 5.32 Å². The Bertz CT molecular complexity index is 647. The van der Waals surface area contributed by atoms with Crippen LogP contribution in [0, 0.1) is 21.4 Å². The van der Waals surface area contributed by atoms with Gasteiger partial charge < -0.3 is 5.32 Å². The topological polar surface area (TPSA) is 79.0 Å². The van der Waals surface area contributed by atoms with E-state index >= 15 is 0 Å². The predicted octanol–water partition coefficient (Wildman–Crippen LogP) is 3.08. The SMILES string of the molecule is N#Cc1cccc(NCc2ccccc2[N+](=O)[O-])c1. The number of hydrogen-bond donors (Lipinski definition) is 1. The van der Waals surface area contributed by atoms with E-state index in [-0.39, 0.29) is 5.69 Å². The van der Waals surface area contributed by atoms with E-state index in [1.54, 1.807) is 36.4 Å². The molecule has 0 aliphatic heterocycles. The second-order valence-electron chi connectivity index (χ2n) is 3.93. The highest BCUT2D eigenvalue weighted by molar-refractivity contribution is 5.51. The molecule has 2 rings (SSSR count). The summed E-state index contributed by atoms with van der Waals surface area (Å²) in [7, 11) is 0. The van der Waals surface area contributed by atoms with E-state index in [1.165, 1.54) is 6.07 Å². The smallest absolute Gasteiger partial charge is 0.274 e. The Morgan fingerprint density at radius 1 is 1.21 bits per heavy atom. The molecule has 0 unspecified atom stereocenters. The molecule has 0 atom stereocenters. The maximum Gasteiger partial charge on any atom is 0.274 e. The summed E-state index contributed by atoms with van der Waals surface area (Å²) in [6.45, 7) is 0.339. The normalized spacial score (nSPS) is 9.63. The summed E-state index contributed by atoms with van der Waals surface area (Å²) in [5, 5.41) is 22.7. The van der Waals surface area contributed by atoms with Gasteiger partial charge in [-0.05, 0) is 18.2 Å². The van der Waals surface area contributed by atoms with Gasteiger partial charge in [0.05, 0.1) is 16.6 Å². The van der Waals surface area contributed by atoms with Crippen molar-refractivity contribution < 1.29 is 4.92 Å². The summed E-state index contributed by atoms with van der Waals surface area (Å²) in [6.07, 6.45) is 0. The zero-order valence-electron chi connectivity index (χ0n) is 10.0. The van der Waals surface area contributed by atoms with Crippen molar-refractivity contribution in [2.24, 2.45) is 0 Å². The number of para-hydroxylation sites is 1. The number of hydrogen-bond acceptors (Lipinski definition) is 4. The van der Waals surface area contributed by atoms with Crippen LogP contribution in [0.25, 0.3) is 0 Å². The summed E-state index contributed by atoms with van der Waals surface area (Å²) in [4.78, 5) is 10.5. The maximum atomic E-state index is 10.9. The standard InChI is InChI=1S/C14H11N3O2/c15-9-11-4-3-6-13(8-11)16-10-12-5-1-2-7-14(12)17(18)19/h1-8,16H,10H2. The molecule has 0 radical (unpaired) electrons. The van der Waals surface area contributed by atoms with E-state index in [1.807, 2.05) is 12.1 Å². The van der Waals surface area contributed by atoms with Crippen LogP contribution < -0.4 is 5.32 Å². The van der Waals surface area contributed by atoms with Gasteiger partial charge in [0.25, 0.3) is 5.69 Å². The second-order valence-corrected chi connectivity index (χ2v) is 3.93. The largest absolute Gasteiger partial charge is 0.381 e. The van der Waals surface area contributed by atoms with E-state index < -0.39 is 4.92 Å². The number of rotatable bonds is 4. The van der Waals surface area contributed by atoms with Gasteiger partial charge in [0.1, 0.15) is 0 Å². The molecule has 0 saturated carbocycles. The minimum atomic E-state index is -0.400. The van der Waals surface area contributed by atoms with Gasteiger partial charge in [-0.3, -0.25) is 10.1 Å². The first-order valence-electron chi connectivity index (χ1n) is 5.67. The number of nitrogens with zero attached hydrogens (tertiary/aromatic N) is 2. The Kier molecular flexibility index (Phi) is 3.74. The molecule has 0 aromatic heterocycles. The Balaban J connectivity index is 2.15. The number of nitro benzene ring substituents is 1. The van der Waals surface area contributed by atoms with Crippen molar-refractivity contribution >= 4 is 11.4 Å². The van der Waals surface area contributed by atoms with Gasteiger partial charge in [-0.15, -0.1) is 0 Å². The molecule has 0 aliphatic carbocycles. The molecular formula is C14H11N3O2. The van der Waals surface area contributed by atoms with Gasteiger partial charge in [0.2, 0.25) is 0 Å². The fourth-order valence-corrected chi connectivity index (χ4v) is 1.73. The van der Waals surface area contributed by atoms with Crippen LogP contribution in [-0.4, -0.2) is 4.92 Å². The second kappa shape index (κ2) is 5.65. The van der Waals surface area contributed by atoms with Crippen molar-refractivity contribution in [3.05, 3.63) is 69.8 Å². The van der Waals surface area contributed by atoms with Crippen LogP contribution in [0.2, 0.25) is 0 Å². The Morgan fingerprint density at radius 2 is 2.00 bits per heavy atom. The molecule has 0 heterocycles. The summed E-state index contributed by atoms with van der Waals surface area (Å²) in [5.41, 5.74) is 2.01. The molecule has 2 aromatic rings. The van der Waals surface area contributed by atoms with E-state index in [4.69, 9.17) is 5.26 Å². The highest BCUT2D eigenvalue weighted by atomic mass is 16.6. The Hall–Kier alpha value is -2.87. The predicted molar refractivity (Wildman–Crippen MR) is 71.6 cm³/mol. The Labute approximate surface area is 110 Å². The maximum absolute atomic E-state index is 10.9. The molecule has 0 bridgehead atoms. The third kappa shape index (κ3) is 3.07. The fraction of sp³-hybridized carbons (Fsp3) is 0.0714. The Morgan fingerprint density at radius 3 is 2.74 bits per heavy atom. The van der Waals surface area contributed by atoms with Crippen LogP contribution in [0.5, 0.6) is 0 Å². The number of nitrogens with one attached hydrogen (secondary N) is 1. The van der Waals surface area contributed by atoms with E-state index in [0.29, 0.717) is 17.7 Å². The van der Waals surface area contributed by atoms with Crippen LogP contribution in [0.4, 0.5) is 11.4 Å². The summed E-state index contributed by atoms with van der Waals surface area (Å²) in [5.74, 6) is 0. The van der Waals surface area contributed by atoms with Crippen LogP contribution in [0.15, 0.2) is 48.5 Å². The summed E-state index contributed by atoms with van der Waals surface area (Å²) in [6, 6.07) is 15.6. The van der Waals surface area contributed by atoms with Gasteiger partial charge in [0, 0.05) is 23.9 Å². The molecule has 0 spiro atoms. The van der Waals surface area contributed by atoms with Crippen LogP contribution in [0.1, 0.15) is 11.1 Å². The first kappa shape index (κ1) is 12.6. The van der Waals surface area contributed by atoms with Gasteiger partial charge in [0.15, 0.2) is 0 Å². The van der Waals surface area contributed by atoms with Gasteiger partial charge in [-0.1, -0.05) is 24.3 Å². The van der Waals surface area contributed by atoms with Gasteiger partial charge >= 0.3 is 0 Å². The van der Waals surface area contributed by atoms with Crippen LogP contribution in [0.3, 0.4) is 0 Å². The number of benzene rings is 2. The molecule has 1 N–H and O–H groups in total. The zero-order valence-corrected chi connectivity index (χ0v) is 10.0. The average Bonchev–Trinajstić information content (AvgIpc) is 2.45. The van der Waals surface area contributed by atoms with Crippen molar-refractivity contribution in [1.29, 1.82) is 5.26 Å². The first-order chi connectivity index (χ1) is 9.20. The summed E-state index contributed by atoms with van der Waals surface area (Å²) >= 11 is 0. The molecule has 0 amide bonds. The first-order valence-corrected chi connectivity index (χ1v) is 5.67. The number of nitro groups is 1. The van der Waals surface area contributed by atoms with E-state index in [0.717, 1.165) is 5.69 Å². The molecule has 5 heteroatoms. The fourth-order valence-electron chi connectivity index (χ4n) is 1.73. The van der Waals surface area contributed by atoms with Crippen LogP contribution in [-0.2, 0) is 6.54 Å². The molecule has 0 saturated heterocycles. The lowest BCUT2D eigenvalue weighted by Gasteiger charge is -2.07. The van der Waals surface area contributed by atoms with Crippen molar-refractivity contribution in [1.82, 2.24) is 0 Å². The highest BCUT2D eigenvalue weighted by Gasteiger charge is 2.11. The zero-order chi connectivity index (χ0) is 13.7. The van der Waals surface area contributed by atoms with Crippen molar-refractivity contribution in [3.8, 4) is 6.07 Å². The van der Waals surface area contributed by atoms with Gasteiger partial charge in [-0.25, -0.2) is 0 Å². The molecule has 19 heavy (non-hydrogen) atoms. The summed E-state index contributed by atoms with van der Waals surface area (Å²) < 4.78 is 0. The lowest BCUT2D eigenvalue weighted by Crippen LogP contribution is -2.03. The molecule has 0 fully saturated rings. The molecule has 94 valence electrons. The third-order valence-corrected chi connectivity index (χ3v) is 2.66. The number of nitriles is 1. The van der Waals surface area contributed by atoms with Crippen molar-refractivity contribution in [3.63, 3.8) is 0 Å². The van der Waals surface area contributed by atoms with Crippen LogP contribution >= 0.6 is 0 Å². The molecule has 2 aromatic carbocycles. The molecular weight excluding hydrogens is 242 g/mol. The number of anilines is 1. The monoisotopic (exact) mass is 253 g/mol. The van der Waals surface area contributed by atoms with Crippen molar-refractivity contribution in [2.75, 3.05) is 5.32 Å². The third-order valence-electron chi connectivity index (χ3n) is 2.66. The quantitative estimate of drug-likeness (QED) is 0.670. The average molecular weight is 253 g/mol. The lowest BCUT2D eigenvalue weighted by molar-refractivity contribution is -0.385. The van der Waals surface area contributed by atoms with Crippen molar-refractivity contribution in [2.45, 2.75) is 6.54 Å². The highest BCUT2D eigenvalue weighted by Crippen LogP contribution is 2.19. The van der Waals surface area contributed by atoms with Gasteiger partial charge in [-0.2, -0.15) is 5.26 Å². The molecule has 0 aliphatic rings. The van der Waals surface area contributed by atoms with E-state index in [9.17, 15) is 10.1 Å². The minimum Gasteiger partial charge on any atom is -0.381 e. The lowest BCUT2D eigenvalue weighted by atomic mass is 10.1. The molecule has 5 nitrogen and oxygen atoms in total. The minimum absolute atomic E-state index is 0.0893.